The fourth-order valence-electron chi connectivity index (χ4n) is 1.70. The van der Waals surface area contributed by atoms with E-state index in [9.17, 15) is 13.2 Å². The van der Waals surface area contributed by atoms with Gasteiger partial charge in [0.05, 0.1) is 17.6 Å². The number of aromatic nitrogens is 2. The molecule has 0 aliphatic carbocycles. The maximum absolute atomic E-state index is 11.9. The van der Waals surface area contributed by atoms with Crippen molar-refractivity contribution < 1.29 is 17.9 Å². The van der Waals surface area contributed by atoms with E-state index in [1.54, 1.807) is 4.57 Å². The van der Waals surface area contributed by atoms with Crippen LogP contribution in [-0.4, -0.2) is 28.9 Å². The normalized spacial score (nSPS) is 12.2. The van der Waals surface area contributed by atoms with Crippen molar-refractivity contribution in [2.45, 2.75) is 12.7 Å². The molecular weight excluding hydrogens is 345 g/mol. The number of nitrogens with one attached hydrogen (secondary N) is 1. The summed E-state index contributed by atoms with van der Waals surface area (Å²) in [6.07, 6.45) is -4.30. The molecule has 0 atom stereocenters. The Hall–Kier alpha value is -0.860. The Labute approximate surface area is 120 Å². The summed E-state index contributed by atoms with van der Waals surface area (Å²) in [6, 6.07) is 5.55. The summed E-state index contributed by atoms with van der Waals surface area (Å²) in [5, 5.41) is 0. The Morgan fingerprint density at radius 1 is 1.37 bits per heavy atom. The molecule has 0 radical (unpaired) electrons. The largest absolute Gasteiger partial charge is 0.411 e. The van der Waals surface area contributed by atoms with Gasteiger partial charge >= 0.3 is 6.18 Å². The third-order valence-corrected chi connectivity index (χ3v) is 3.28. The first-order chi connectivity index (χ1) is 8.87. The summed E-state index contributed by atoms with van der Waals surface area (Å²) in [5.74, 6) is 0. The summed E-state index contributed by atoms with van der Waals surface area (Å²) < 4.78 is 43.5. The van der Waals surface area contributed by atoms with Crippen molar-refractivity contribution in [3.05, 3.63) is 27.4 Å². The van der Waals surface area contributed by atoms with Crippen molar-refractivity contribution in [3.63, 3.8) is 0 Å². The third-order valence-electron chi connectivity index (χ3n) is 2.46. The molecule has 0 bridgehead atoms. The van der Waals surface area contributed by atoms with Gasteiger partial charge in [-0.15, -0.1) is 0 Å². The molecule has 104 valence electrons. The minimum atomic E-state index is -4.30. The summed E-state index contributed by atoms with van der Waals surface area (Å²) >= 11 is 8.47. The molecule has 8 heteroatoms. The first-order valence-corrected chi connectivity index (χ1v) is 6.59. The van der Waals surface area contributed by atoms with Gasteiger partial charge < -0.3 is 14.3 Å². The summed E-state index contributed by atoms with van der Waals surface area (Å²) in [7, 11) is 0. The maximum Gasteiger partial charge on any atom is 0.411 e. The highest BCUT2D eigenvalue weighted by Gasteiger charge is 2.27. The second-order valence-corrected chi connectivity index (χ2v) is 5.21. The zero-order chi connectivity index (χ0) is 14.0. The zero-order valence-corrected chi connectivity index (χ0v) is 12.0. The van der Waals surface area contributed by atoms with Crippen molar-refractivity contribution >= 4 is 39.2 Å². The molecule has 1 N–H and O–H groups in total. The van der Waals surface area contributed by atoms with Crippen LogP contribution in [-0.2, 0) is 11.3 Å². The maximum atomic E-state index is 11.9. The molecular formula is C11H10BrF3N2OS. The van der Waals surface area contributed by atoms with Gasteiger partial charge in [0.15, 0.2) is 4.77 Å². The standard InChI is InChI=1S/C11H10BrF3N2OS/c12-7-1-2-9-8(5-7)16-10(19)17(9)3-4-18-6-11(13,14)15/h1-2,5H,3-4,6H2,(H,16,19). The van der Waals surface area contributed by atoms with Crippen LogP contribution in [0.25, 0.3) is 11.0 Å². The van der Waals surface area contributed by atoms with Crippen LogP contribution < -0.4 is 0 Å². The van der Waals surface area contributed by atoms with Crippen molar-refractivity contribution in [1.29, 1.82) is 0 Å². The molecule has 1 aromatic heterocycles. The van der Waals surface area contributed by atoms with Crippen LogP contribution >= 0.6 is 28.1 Å². The number of nitrogens with zero attached hydrogens (tertiary/aromatic N) is 1. The Bertz CT molecular complexity index is 635. The van der Waals surface area contributed by atoms with E-state index in [0.29, 0.717) is 4.77 Å². The number of imidazole rings is 1. The van der Waals surface area contributed by atoms with E-state index in [-0.39, 0.29) is 13.2 Å². The average Bonchev–Trinajstić information content (AvgIpc) is 2.58. The lowest BCUT2D eigenvalue weighted by Gasteiger charge is -2.08. The Morgan fingerprint density at radius 3 is 2.79 bits per heavy atom. The van der Waals surface area contributed by atoms with Gasteiger partial charge in [-0.1, -0.05) is 15.9 Å². The molecule has 0 aliphatic heterocycles. The van der Waals surface area contributed by atoms with E-state index < -0.39 is 12.8 Å². The van der Waals surface area contributed by atoms with Crippen molar-refractivity contribution in [2.75, 3.05) is 13.2 Å². The quantitative estimate of drug-likeness (QED) is 0.663. The molecule has 0 unspecified atom stereocenters. The number of H-pyrrole nitrogens is 1. The van der Waals surface area contributed by atoms with Crippen LogP contribution in [0.15, 0.2) is 22.7 Å². The predicted molar refractivity (Wildman–Crippen MR) is 71.7 cm³/mol. The fraction of sp³-hybridized carbons (Fsp3) is 0.364. The molecule has 0 spiro atoms. The average molecular weight is 355 g/mol. The molecule has 0 amide bonds. The van der Waals surface area contributed by atoms with Crippen molar-refractivity contribution in [2.24, 2.45) is 0 Å². The van der Waals surface area contributed by atoms with E-state index in [0.717, 1.165) is 15.5 Å². The molecule has 19 heavy (non-hydrogen) atoms. The minimum absolute atomic E-state index is 0.0448. The van der Waals surface area contributed by atoms with E-state index in [4.69, 9.17) is 12.2 Å². The van der Waals surface area contributed by atoms with Gasteiger partial charge in [0.1, 0.15) is 6.61 Å². The van der Waals surface area contributed by atoms with Crippen LogP contribution in [0, 0.1) is 4.77 Å². The highest BCUT2D eigenvalue weighted by molar-refractivity contribution is 9.10. The van der Waals surface area contributed by atoms with Crippen LogP contribution in [0.1, 0.15) is 0 Å². The first-order valence-electron chi connectivity index (χ1n) is 5.39. The number of rotatable bonds is 4. The minimum Gasteiger partial charge on any atom is -0.370 e. The third kappa shape index (κ3) is 3.80. The lowest BCUT2D eigenvalue weighted by molar-refractivity contribution is -0.174. The van der Waals surface area contributed by atoms with Crippen LogP contribution in [0.2, 0.25) is 0 Å². The Kier molecular flexibility index (Phi) is 4.32. The monoisotopic (exact) mass is 354 g/mol. The lowest BCUT2D eigenvalue weighted by Crippen LogP contribution is -2.19. The van der Waals surface area contributed by atoms with Gasteiger partial charge in [0.25, 0.3) is 0 Å². The predicted octanol–water partition coefficient (Wildman–Crippen LogP) is 4.04. The second kappa shape index (κ2) is 5.64. The van der Waals surface area contributed by atoms with Crippen molar-refractivity contribution in [1.82, 2.24) is 9.55 Å². The summed E-state index contributed by atoms with van der Waals surface area (Å²) in [4.78, 5) is 3.00. The number of hydrogen-bond donors (Lipinski definition) is 1. The first kappa shape index (κ1) is 14.5. The molecule has 3 nitrogen and oxygen atoms in total. The van der Waals surface area contributed by atoms with Crippen LogP contribution in [0.5, 0.6) is 0 Å². The second-order valence-electron chi connectivity index (χ2n) is 3.91. The number of benzene rings is 1. The highest BCUT2D eigenvalue weighted by Crippen LogP contribution is 2.19. The van der Waals surface area contributed by atoms with Gasteiger partial charge in [-0.2, -0.15) is 13.2 Å². The van der Waals surface area contributed by atoms with E-state index >= 15 is 0 Å². The molecule has 0 saturated heterocycles. The fourth-order valence-corrected chi connectivity index (χ4v) is 2.36. The van der Waals surface area contributed by atoms with E-state index in [2.05, 4.69) is 25.7 Å². The highest BCUT2D eigenvalue weighted by atomic mass is 79.9. The molecule has 2 rings (SSSR count). The van der Waals surface area contributed by atoms with E-state index in [1.165, 1.54) is 0 Å². The van der Waals surface area contributed by atoms with Gasteiger partial charge in [0, 0.05) is 11.0 Å². The van der Waals surface area contributed by atoms with Gasteiger partial charge in [-0.25, -0.2) is 0 Å². The molecule has 1 heterocycles. The van der Waals surface area contributed by atoms with Gasteiger partial charge in [0.2, 0.25) is 0 Å². The zero-order valence-electron chi connectivity index (χ0n) is 9.63. The number of alkyl halides is 3. The molecule has 0 fully saturated rings. The number of fused-ring (bicyclic) bond motifs is 1. The Balaban J connectivity index is 2.09. The summed E-state index contributed by atoms with van der Waals surface area (Å²) in [5.41, 5.74) is 1.67. The molecule has 2 aromatic rings. The van der Waals surface area contributed by atoms with Gasteiger partial charge in [-0.3, -0.25) is 0 Å². The molecule has 0 saturated carbocycles. The smallest absolute Gasteiger partial charge is 0.370 e. The number of ether oxygens (including phenoxy) is 1. The topological polar surface area (TPSA) is 29.9 Å². The van der Waals surface area contributed by atoms with Crippen LogP contribution in [0.3, 0.4) is 0 Å². The molecule has 1 aromatic carbocycles. The Morgan fingerprint density at radius 2 is 2.11 bits per heavy atom. The van der Waals surface area contributed by atoms with Crippen molar-refractivity contribution in [3.8, 4) is 0 Å². The number of aromatic amines is 1. The summed E-state index contributed by atoms with van der Waals surface area (Å²) in [6.45, 7) is -1.01. The lowest BCUT2D eigenvalue weighted by atomic mass is 10.3. The SMILES string of the molecule is FC(F)(F)COCCn1c(=S)[nH]c2cc(Br)ccc21. The number of halogens is 4. The number of hydrogen-bond acceptors (Lipinski definition) is 2. The van der Waals surface area contributed by atoms with Gasteiger partial charge in [-0.05, 0) is 30.4 Å². The molecule has 0 aliphatic rings. The van der Waals surface area contributed by atoms with E-state index in [1.807, 2.05) is 18.2 Å². The van der Waals surface area contributed by atoms with Crippen LogP contribution in [0.4, 0.5) is 13.2 Å².